The van der Waals surface area contributed by atoms with Crippen LogP contribution < -0.4 is 10.5 Å². The van der Waals surface area contributed by atoms with E-state index in [0.29, 0.717) is 24.7 Å². The molecule has 96 valence electrons. The largest absolute Gasteiger partial charge is 0.491 e. The molecule has 2 rings (SSSR count). The molecule has 0 fully saturated rings. The van der Waals surface area contributed by atoms with Crippen molar-refractivity contribution in [3.05, 3.63) is 30.2 Å². The Balaban J connectivity index is 2.12. The molecule has 0 radical (unpaired) electrons. The summed E-state index contributed by atoms with van der Waals surface area (Å²) in [6.07, 6.45) is 0.761. The van der Waals surface area contributed by atoms with Crippen molar-refractivity contribution in [1.29, 1.82) is 0 Å². The predicted octanol–water partition coefficient (Wildman–Crippen LogP) is 2.02. The molecule has 0 aliphatic carbocycles. The van der Waals surface area contributed by atoms with Gasteiger partial charge in [0.25, 0.3) is 0 Å². The molecule has 5 heteroatoms. The van der Waals surface area contributed by atoms with Gasteiger partial charge >= 0.3 is 0 Å². The Morgan fingerprint density at radius 2 is 1.94 bits per heavy atom. The van der Waals surface area contributed by atoms with E-state index in [1.807, 2.05) is 38.1 Å². The molecule has 18 heavy (non-hydrogen) atoms. The molecule has 0 aliphatic heterocycles. The van der Waals surface area contributed by atoms with Crippen LogP contribution in [-0.2, 0) is 6.42 Å². The van der Waals surface area contributed by atoms with Gasteiger partial charge in [-0.05, 0) is 38.1 Å². The number of hydrogen-bond acceptors (Lipinski definition) is 5. The first-order chi connectivity index (χ1) is 8.69. The Labute approximate surface area is 106 Å². The van der Waals surface area contributed by atoms with E-state index >= 15 is 0 Å². The van der Waals surface area contributed by atoms with Gasteiger partial charge in [0.05, 0.1) is 6.10 Å². The molecule has 0 atom stereocenters. The molecule has 2 aromatic rings. The van der Waals surface area contributed by atoms with Crippen LogP contribution in [-0.4, -0.2) is 22.8 Å². The smallest absolute Gasteiger partial charge is 0.247 e. The van der Waals surface area contributed by atoms with E-state index in [4.69, 9.17) is 14.9 Å². The molecule has 0 saturated heterocycles. The highest BCUT2D eigenvalue weighted by atomic mass is 16.5. The molecule has 2 N–H and O–H groups in total. The number of nitrogens with zero attached hydrogens (tertiary/aromatic N) is 2. The van der Waals surface area contributed by atoms with Crippen LogP contribution in [0.2, 0.25) is 0 Å². The van der Waals surface area contributed by atoms with E-state index in [9.17, 15) is 0 Å². The molecule has 0 bridgehead atoms. The molecular weight excluding hydrogens is 230 g/mol. The lowest BCUT2D eigenvalue weighted by molar-refractivity contribution is 0.242. The van der Waals surface area contributed by atoms with Crippen molar-refractivity contribution in [1.82, 2.24) is 10.2 Å². The average Bonchev–Trinajstić information content (AvgIpc) is 2.78. The topological polar surface area (TPSA) is 74.2 Å². The van der Waals surface area contributed by atoms with Crippen molar-refractivity contribution >= 4 is 0 Å². The summed E-state index contributed by atoms with van der Waals surface area (Å²) in [6, 6.07) is 7.58. The predicted molar refractivity (Wildman–Crippen MR) is 68.3 cm³/mol. The first-order valence-corrected chi connectivity index (χ1v) is 5.98. The first kappa shape index (κ1) is 12.6. The molecule has 5 nitrogen and oxygen atoms in total. The Morgan fingerprint density at radius 3 is 2.56 bits per heavy atom. The third kappa shape index (κ3) is 3.07. The Hall–Kier alpha value is -1.88. The number of benzene rings is 1. The van der Waals surface area contributed by atoms with Crippen LogP contribution >= 0.6 is 0 Å². The molecule has 1 heterocycles. The minimum atomic E-state index is 0.162. The van der Waals surface area contributed by atoms with Crippen LogP contribution in [0.1, 0.15) is 19.7 Å². The van der Waals surface area contributed by atoms with Gasteiger partial charge in [0.1, 0.15) is 5.75 Å². The lowest BCUT2D eigenvalue weighted by Crippen LogP contribution is -2.05. The van der Waals surface area contributed by atoms with Crippen LogP contribution in [0.4, 0.5) is 0 Å². The summed E-state index contributed by atoms with van der Waals surface area (Å²) < 4.78 is 11.1. The van der Waals surface area contributed by atoms with Crippen molar-refractivity contribution in [3.8, 4) is 17.2 Å². The zero-order valence-corrected chi connectivity index (χ0v) is 10.6. The van der Waals surface area contributed by atoms with Crippen molar-refractivity contribution in [3.63, 3.8) is 0 Å². The van der Waals surface area contributed by atoms with E-state index in [1.165, 1.54) is 0 Å². The molecular formula is C13H17N3O2. The SMILES string of the molecule is CC(C)Oc1ccc(-c2nnc(CCN)o2)cc1. The van der Waals surface area contributed by atoms with Crippen LogP contribution in [0.15, 0.2) is 28.7 Å². The van der Waals surface area contributed by atoms with Gasteiger partial charge in [-0.15, -0.1) is 10.2 Å². The molecule has 1 aromatic carbocycles. The first-order valence-electron chi connectivity index (χ1n) is 5.98. The van der Waals surface area contributed by atoms with Gasteiger partial charge in [0.2, 0.25) is 11.8 Å². The van der Waals surface area contributed by atoms with Gasteiger partial charge in [-0.25, -0.2) is 0 Å². The summed E-state index contributed by atoms with van der Waals surface area (Å²) in [7, 11) is 0. The van der Waals surface area contributed by atoms with Crippen molar-refractivity contribution in [2.45, 2.75) is 26.4 Å². The summed E-state index contributed by atoms with van der Waals surface area (Å²) in [5.41, 5.74) is 6.31. The average molecular weight is 247 g/mol. The quantitative estimate of drug-likeness (QED) is 0.875. The van der Waals surface area contributed by atoms with Gasteiger partial charge in [-0.3, -0.25) is 0 Å². The number of nitrogens with two attached hydrogens (primary N) is 1. The Kier molecular flexibility index (Phi) is 3.94. The fraction of sp³-hybridized carbons (Fsp3) is 0.385. The van der Waals surface area contributed by atoms with Gasteiger partial charge in [-0.2, -0.15) is 0 Å². The summed E-state index contributed by atoms with van der Waals surface area (Å²) in [6.45, 7) is 4.48. The summed E-state index contributed by atoms with van der Waals surface area (Å²) >= 11 is 0. The van der Waals surface area contributed by atoms with Gasteiger partial charge in [0.15, 0.2) is 0 Å². The highest BCUT2D eigenvalue weighted by Crippen LogP contribution is 2.21. The number of hydrogen-bond donors (Lipinski definition) is 1. The van der Waals surface area contributed by atoms with E-state index < -0.39 is 0 Å². The third-order valence-electron chi connectivity index (χ3n) is 2.30. The molecule has 0 amide bonds. The van der Waals surface area contributed by atoms with Gasteiger partial charge < -0.3 is 14.9 Å². The number of ether oxygens (including phenoxy) is 1. The lowest BCUT2D eigenvalue weighted by atomic mass is 10.2. The van der Waals surface area contributed by atoms with Crippen LogP contribution in [0.3, 0.4) is 0 Å². The van der Waals surface area contributed by atoms with Crippen molar-refractivity contribution < 1.29 is 9.15 Å². The second-order valence-corrected chi connectivity index (χ2v) is 4.23. The maximum absolute atomic E-state index is 5.57. The zero-order valence-electron chi connectivity index (χ0n) is 10.6. The highest BCUT2D eigenvalue weighted by molar-refractivity contribution is 5.53. The standard InChI is InChI=1S/C13H17N3O2/c1-9(2)17-11-5-3-10(4-6-11)13-16-15-12(18-13)7-8-14/h3-6,9H,7-8,14H2,1-2H3. The van der Waals surface area contributed by atoms with Crippen LogP contribution in [0.25, 0.3) is 11.5 Å². The van der Waals surface area contributed by atoms with Gasteiger partial charge in [-0.1, -0.05) is 0 Å². The maximum Gasteiger partial charge on any atom is 0.247 e. The number of rotatable bonds is 5. The number of aromatic nitrogens is 2. The second kappa shape index (κ2) is 5.64. The molecule has 1 aromatic heterocycles. The fourth-order valence-corrected chi connectivity index (χ4v) is 1.54. The fourth-order valence-electron chi connectivity index (χ4n) is 1.54. The minimum absolute atomic E-state index is 0.162. The van der Waals surface area contributed by atoms with Crippen LogP contribution in [0.5, 0.6) is 5.75 Å². The van der Waals surface area contributed by atoms with Crippen LogP contribution in [0, 0.1) is 0 Å². The molecule has 0 unspecified atom stereocenters. The molecule has 0 saturated carbocycles. The van der Waals surface area contributed by atoms with Crippen molar-refractivity contribution in [2.24, 2.45) is 5.73 Å². The third-order valence-corrected chi connectivity index (χ3v) is 2.30. The zero-order chi connectivity index (χ0) is 13.0. The van der Waals surface area contributed by atoms with E-state index in [-0.39, 0.29) is 6.10 Å². The minimum Gasteiger partial charge on any atom is -0.491 e. The summed E-state index contributed by atoms with van der Waals surface area (Å²) in [5.74, 6) is 1.90. The van der Waals surface area contributed by atoms with Gasteiger partial charge in [0, 0.05) is 18.5 Å². The molecule has 0 spiro atoms. The molecule has 0 aliphatic rings. The maximum atomic E-state index is 5.57. The Bertz CT molecular complexity index is 491. The lowest BCUT2D eigenvalue weighted by Gasteiger charge is -2.09. The Morgan fingerprint density at radius 1 is 1.22 bits per heavy atom. The second-order valence-electron chi connectivity index (χ2n) is 4.23. The monoisotopic (exact) mass is 247 g/mol. The highest BCUT2D eigenvalue weighted by Gasteiger charge is 2.08. The van der Waals surface area contributed by atoms with E-state index in [0.717, 1.165) is 11.3 Å². The van der Waals surface area contributed by atoms with Crippen molar-refractivity contribution in [2.75, 3.05) is 6.54 Å². The normalized spacial score (nSPS) is 10.9. The van der Waals surface area contributed by atoms with E-state index in [2.05, 4.69) is 10.2 Å². The summed E-state index contributed by atoms with van der Waals surface area (Å²) in [5, 5.41) is 7.91. The van der Waals surface area contributed by atoms with E-state index in [1.54, 1.807) is 0 Å². The summed E-state index contributed by atoms with van der Waals surface area (Å²) in [4.78, 5) is 0.